The zero-order chi connectivity index (χ0) is 19.7. The van der Waals surface area contributed by atoms with Gasteiger partial charge < -0.3 is 19.7 Å². The second kappa shape index (κ2) is 5.87. The second-order valence-electron chi connectivity index (χ2n) is 9.32. The van der Waals surface area contributed by atoms with E-state index >= 15 is 0 Å². The summed E-state index contributed by atoms with van der Waals surface area (Å²) >= 11 is 0. The highest BCUT2D eigenvalue weighted by atomic mass is 16.6. The summed E-state index contributed by atoms with van der Waals surface area (Å²) in [4.78, 5) is 13.2. The van der Waals surface area contributed by atoms with Crippen molar-refractivity contribution in [1.29, 1.82) is 0 Å². The van der Waals surface area contributed by atoms with Crippen molar-refractivity contribution < 1.29 is 24.5 Å². The molecule has 0 radical (unpaired) electrons. The molecular weight excluding hydrogens is 344 g/mol. The number of aromatic hydroxyl groups is 2. The average molecular weight is 374 g/mol. The van der Waals surface area contributed by atoms with E-state index in [0.29, 0.717) is 24.2 Å². The van der Waals surface area contributed by atoms with Gasteiger partial charge in [0.05, 0.1) is 0 Å². The molecule has 1 aromatic carbocycles. The number of carbonyl (C=O) groups is 1. The summed E-state index contributed by atoms with van der Waals surface area (Å²) in [5, 5.41) is 21.7. The third-order valence-corrected chi connectivity index (χ3v) is 7.06. The Morgan fingerprint density at radius 2 is 1.96 bits per heavy atom. The molecule has 2 bridgehead atoms. The van der Waals surface area contributed by atoms with E-state index in [4.69, 9.17) is 9.47 Å². The number of hydrogen-bond acceptors (Lipinski definition) is 5. The molecule has 5 rings (SSSR count). The average Bonchev–Trinajstić information content (AvgIpc) is 2.58. The van der Waals surface area contributed by atoms with Gasteiger partial charge in [0.25, 0.3) is 0 Å². The largest absolute Gasteiger partial charge is 0.504 e. The molecule has 5 nitrogen and oxygen atoms in total. The van der Waals surface area contributed by atoms with Crippen LogP contribution < -0.4 is 0 Å². The predicted octanol–water partition coefficient (Wildman–Crippen LogP) is 4.30. The lowest BCUT2D eigenvalue weighted by Crippen LogP contribution is -2.66. The Morgan fingerprint density at radius 1 is 1.26 bits per heavy atom. The Kier molecular flexibility index (Phi) is 4.05. The van der Waals surface area contributed by atoms with E-state index < -0.39 is 11.5 Å². The molecule has 1 saturated heterocycles. The highest BCUT2D eigenvalue weighted by Crippen LogP contribution is 2.67. The molecule has 0 aromatic heterocycles. The van der Waals surface area contributed by atoms with E-state index in [1.165, 1.54) is 0 Å². The number of rotatable bonds is 3. The molecule has 2 heterocycles. The van der Waals surface area contributed by atoms with Crippen LogP contribution in [0.3, 0.4) is 0 Å². The molecule has 0 amide bonds. The predicted molar refractivity (Wildman–Crippen MR) is 101 cm³/mol. The fourth-order valence-corrected chi connectivity index (χ4v) is 6.05. The Balaban J connectivity index is 2.05. The maximum absolute atomic E-state index is 13.2. The molecule has 4 aliphatic rings. The zero-order valence-electron chi connectivity index (χ0n) is 16.8. The summed E-state index contributed by atoms with van der Waals surface area (Å²) in [7, 11) is 0. The van der Waals surface area contributed by atoms with Gasteiger partial charge in [-0.3, -0.25) is 4.79 Å². The van der Waals surface area contributed by atoms with E-state index in [1.807, 2.05) is 26.8 Å². The molecule has 2 N–H and O–H groups in total. The van der Waals surface area contributed by atoms with Crippen molar-refractivity contribution in [3.05, 3.63) is 22.8 Å². The minimum atomic E-state index is -0.956. The highest BCUT2D eigenvalue weighted by molar-refractivity contribution is 5.90. The zero-order valence-corrected chi connectivity index (χ0v) is 16.8. The fraction of sp³-hybridized carbons (Fsp3) is 0.682. The van der Waals surface area contributed by atoms with Crippen molar-refractivity contribution >= 4 is 5.97 Å². The summed E-state index contributed by atoms with van der Waals surface area (Å²) in [5.41, 5.74) is 0.975. The highest BCUT2D eigenvalue weighted by Gasteiger charge is 2.69. The summed E-state index contributed by atoms with van der Waals surface area (Å²) in [5.74, 6) is -0.573. The van der Waals surface area contributed by atoms with Crippen molar-refractivity contribution in [2.24, 2.45) is 11.3 Å². The van der Waals surface area contributed by atoms with Crippen molar-refractivity contribution in [3.63, 3.8) is 0 Å². The molecule has 1 aromatic rings. The van der Waals surface area contributed by atoms with Crippen LogP contribution in [0.4, 0.5) is 0 Å². The minimum absolute atomic E-state index is 0.0407. The molecule has 1 saturated carbocycles. The summed E-state index contributed by atoms with van der Waals surface area (Å²) in [6.45, 7) is 10.8. The standard InChI is InChI=1S/C22H30O5/c1-6-26-18-17-13-10-12(11(2)3)15(23)16(24)14(13)22(20(25)27-17)9-7-8-21(4,5)19(18)22/h10-11,17-19,23-24H,6-9H2,1-5H3. The van der Waals surface area contributed by atoms with E-state index in [9.17, 15) is 15.0 Å². The first kappa shape index (κ1) is 18.6. The molecule has 148 valence electrons. The Bertz CT molecular complexity index is 796. The van der Waals surface area contributed by atoms with Gasteiger partial charge in [0.15, 0.2) is 17.6 Å². The van der Waals surface area contributed by atoms with Crippen LogP contribution in [-0.2, 0) is 19.7 Å². The molecule has 5 heteroatoms. The third-order valence-electron chi connectivity index (χ3n) is 7.06. The van der Waals surface area contributed by atoms with Gasteiger partial charge in [-0.15, -0.1) is 0 Å². The van der Waals surface area contributed by atoms with Gasteiger partial charge in [-0.05, 0) is 37.2 Å². The van der Waals surface area contributed by atoms with Crippen molar-refractivity contribution in [2.45, 2.75) is 77.4 Å². The van der Waals surface area contributed by atoms with Crippen LogP contribution in [-0.4, -0.2) is 28.9 Å². The Morgan fingerprint density at radius 3 is 2.59 bits per heavy atom. The van der Waals surface area contributed by atoms with E-state index in [1.54, 1.807) is 0 Å². The number of benzene rings is 1. The van der Waals surface area contributed by atoms with Crippen LogP contribution in [0, 0.1) is 11.3 Å². The Hall–Kier alpha value is -1.75. The number of phenols is 2. The third kappa shape index (κ3) is 2.24. The Labute approximate surface area is 160 Å². The SMILES string of the molecule is CCOC1C2OC(=O)C3(CCCC(C)(C)C13)c1c2cc(C(C)C)c(O)c1O. The van der Waals surface area contributed by atoms with Crippen LogP contribution in [0.1, 0.15) is 82.6 Å². The quantitative estimate of drug-likeness (QED) is 0.609. The number of carbonyl (C=O) groups excluding carboxylic acids is 1. The van der Waals surface area contributed by atoms with Crippen LogP contribution in [0.25, 0.3) is 0 Å². The van der Waals surface area contributed by atoms with E-state index in [2.05, 4.69) is 13.8 Å². The smallest absolute Gasteiger partial charge is 0.317 e. The van der Waals surface area contributed by atoms with Crippen molar-refractivity contribution in [3.8, 4) is 11.5 Å². The lowest BCUT2D eigenvalue weighted by atomic mass is 9.46. The van der Waals surface area contributed by atoms with Gasteiger partial charge in [-0.2, -0.15) is 0 Å². The number of esters is 1. The molecule has 2 aliphatic heterocycles. The number of phenolic OH excluding ortho intramolecular Hbond substituents is 2. The maximum atomic E-state index is 13.2. The molecule has 27 heavy (non-hydrogen) atoms. The lowest BCUT2D eigenvalue weighted by Gasteiger charge is -2.61. The van der Waals surface area contributed by atoms with Gasteiger partial charge in [-0.1, -0.05) is 34.1 Å². The molecular formula is C22H30O5. The molecule has 4 unspecified atom stereocenters. The van der Waals surface area contributed by atoms with Crippen LogP contribution in [0.2, 0.25) is 0 Å². The first-order chi connectivity index (χ1) is 12.7. The van der Waals surface area contributed by atoms with E-state index in [0.717, 1.165) is 18.4 Å². The topological polar surface area (TPSA) is 76.0 Å². The lowest BCUT2D eigenvalue weighted by molar-refractivity contribution is -0.222. The van der Waals surface area contributed by atoms with E-state index in [-0.39, 0.29) is 40.8 Å². The molecule has 1 spiro atoms. The molecule has 4 atom stereocenters. The molecule has 2 aliphatic carbocycles. The van der Waals surface area contributed by atoms with Crippen molar-refractivity contribution in [2.75, 3.05) is 6.61 Å². The number of fused-ring (bicyclic) bond motifs is 1. The summed E-state index contributed by atoms with van der Waals surface area (Å²) < 4.78 is 12.1. The summed E-state index contributed by atoms with van der Waals surface area (Å²) in [6.07, 6.45) is 1.69. The van der Waals surface area contributed by atoms with Gasteiger partial charge >= 0.3 is 5.97 Å². The van der Waals surface area contributed by atoms with Crippen LogP contribution in [0.15, 0.2) is 6.07 Å². The fourth-order valence-electron chi connectivity index (χ4n) is 6.05. The van der Waals surface area contributed by atoms with Gasteiger partial charge in [0.2, 0.25) is 0 Å². The van der Waals surface area contributed by atoms with Crippen LogP contribution in [0.5, 0.6) is 11.5 Å². The van der Waals surface area contributed by atoms with Gasteiger partial charge in [0, 0.05) is 29.2 Å². The first-order valence-corrected chi connectivity index (χ1v) is 10.1. The summed E-state index contributed by atoms with van der Waals surface area (Å²) in [6, 6.07) is 1.91. The van der Waals surface area contributed by atoms with Gasteiger partial charge in [0.1, 0.15) is 11.5 Å². The molecule has 2 fully saturated rings. The van der Waals surface area contributed by atoms with Crippen molar-refractivity contribution in [1.82, 2.24) is 0 Å². The monoisotopic (exact) mass is 374 g/mol. The maximum Gasteiger partial charge on any atom is 0.317 e. The van der Waals surface area contributed by atoms with Gasteiger partial charge in [-0.25, -0.2) is 0 Å². The normalized spacial score (nSPS) is 33.6. The van der Waals surface area contributed by atoms with Crippen LogP contribution >= 0.6 is 0 Å². The number of hydrogen-bond donors (Lipinski definition) is 2. The second-order valence-corrected chi connectivity index (χ2v) is 9.32. The first-order valence-electron chi connectivity index (χ1n) is 10.1. The number of ether oxygens (including phenoxy) is 2. The minimum Gasteiger partial charge on any atom is -0.504 e.